The van der Waals surface area contributed by atoms with Crippen molar-refractivity contribution in [1.82, 2.24) is 14.5 Å². The molecular weight excluding hydrogens is 456 g/mol. The van der Waals surface area contributed by atoms with Crippen LogP contribution in [-0.2, 0) is 17.9 Å². The number of imidazole rings is 1. The summed E-state index contributed by atoms with van der Waals surface area (Å²) >= 11 is 0. The van der Waals surface area contributed by atoms with Crippen LogP contribution in [0.25, 0.3) is 11.3 Å². The van der Waals surface area contributed by atoms with Gasteiger partial charge in [-0.05, 0) is 60.9 Å². The molecule has 1 saturated carbocycles. The molecule has 0 spiro atoms. The van der Waals surface area contributed by atoms with Crippen LogP contribution >= 0.6 is 13.5 Å². The van der Waals surface area contributed by atoms with E-state index in [9.17, 15) is 13.6 Å². The number of halogens is 2. The molecule has 1 aliphatic heterocycles. The van der Waals surface area contributed by atoms with Crippen molar-refractivity contribution in [2.75, 3.05) is 11.9 Å². The highest BCUT2D eigenvalue weighted by molar-refractivity contribution is 7.59. The first-order valence-electron chi connectivity index (χ1n) is 11.4. The van der Waals surface area contributed by atoms with Gasteiger partial charge < -0.3 is 20.5 Å². The second-order valence-electron chi connectivity index (χ2n) is 8.91. The number of nitrogens with two attached hydrogens (primary N) is 1. The Kier molecular flexibility index (Phi) is 7.23. The van der Waals surface area contributed by atoms with Gasteiger partial charge in [-0.2, -0.15) is 13.5 Å². The summed E-state index contributed by atoms with van der Waals surface area (Å²) in [6.45, 7) is 1.44. The molecule has 180 valence electrons. The van der Waals surface area contributed by atoms with E-state index in [2.05, 4.69) is 5.32 Å². The van der Waals surface area contributed by atoms with Crippen molar-refractivity contribution in [3.05, 3.63) is 66.0 Å². The normalized spacial score (nSPS) is 16.3. The molecule has 1 aromatic heterocycles. The maximum Gasteiger partial charge on any atom is 0.239 e. The monoisotopic (exact) mass is 485 g/mol. The number of aromatic nitrogens is 2. The molecule has 3 N–H and O–H groups in total. The van der Waals surface area contributed by atoms with Crippen LogP contribution < -0.4 is 11.1 Å². The molecule has 2 aromatic carbocycles. The van der Waals surface area contributed by atoms with Crippen molar-refractivity contribution in [1.29, 1.82) is 0 Å². The number of hydrogen-bond acceptors (Lipinski definition) is 4. The molecule has 1 amide bonds. The maximum absolute atomic E-state index is 13.5. The summed E-state index contributed by atoms with van der Waals surface area (Å²) in [7, 11) is 0. The molecule has 2 aliphatic rings. The fraction of sp³-hybridized carbons (Fsp3) is 0.360. The lowest BCUT2D eigenvalue weighted by atomic mass is 9.81. The average molecular weight is 486 g/mol. The average Bonchev–Trinajstić information content (AvgIpc) is 3.15. The van der Waals surface area contributed by atoms with Gasteiger partial charge >= 0.3 is 0 Å². The molecular formula is C25H29F2N5OS. The number of carbonyl (C=O) groups is 1. The minimum atomic E-state index is -0.481. The predicted octanol–water partition coefficient (Wildman–Crippen LogP) is 4.54. The lowest BCUT2D eigenvalue weighted by Crippen LogP contribution is -2.48. The number of fused-ring (bicyclic) bond motifs is 1. The zero-order valence-electron chi connectivity index (χ0n) is 18.8. The first-order valence-corrected chi connectivity index (χ1v) is 11.4. The number of benzene rings is 2. The van der Waals surface area contributed by atoms with Crippen molar-refractivity contribution in [2.45, 2.75) is 44.8 Å². The van der Waals surface area contributed by atoms with E-state index >= 15 is 0 Å². The minimum absolute atomic E-state index is 0. The third-order valence-corrected chi connectivity index (χ3v) is 6.64. The van der Waals surface area contributed by atoms with Gasteiger partial charge in [0.2, 0.25) is 5.91 Å². The zero-order valence-corrected chi connectivity index (χ0v) is 19.8. The van der Waals surface area contributed by atoms with E-state index in [0.717, 1.165) is 36.5 Å². The predicted molar refractivity (Wildman–Crippen MR) is 133 cm³/mol. The Bertz CT molecular complexity index is 1150. The van der Waals surface area contributed by atoms with Crippen molar-refractivity contribution >= 4 is 30.9 Å². The summed E-state index contributed by atoms with van der Waals surface area (Å²) in [6.07, 6.45) is 4.28. The number of hydrogen-bond donors (Lipinski definition) is 2. The molecule has 0 bridgehead atoms. The Hall–Kier alpha value is -2.91. The smallest absolute Gasteiger partial charge is 0.239 e. The molecule has 0 unspecified atom stereocenters. The molecule has 2 heterocycles. The molecule has 3 aromatic rings. The van der Waals surface area contributed by atoms with Crippen molar-refractivity contribution < 1.29 is 13.6 Å². The van der Waals surface area contributed by atoms with E-state index < -0.39 is 6.04 Å². The lowest BCUT2D eigenvalue weighted by Gasteiger charge is -2.33. The highest BCUT2D eigenvalue weighted by atomic mass is 32.1. The quantitative estimate of drug-likeness (QED) is 0.537. The van der Waals surface area contributed by atoms with E-state index in [0.29, 0.717) is 36.9 Å². The molecule has 0 saturated heterocycles. The van der Waals surface area contributed by atoms with Crippen LogP contribution in [0.4, 0.5) is 20.3 Å². The number of nitrogens with one attached hydrogen (secondary N) is 1. The summed E-state index contributed by atoms with van der Waals surface area (Å²) in [5.41, 5.74) is 8.36. The molecule has 34 heavy (non-hydrogen) atoms. The number of amides is 1. The third-order valence-electron chi connectivity index (χ3n) is 6.64. The summed E-state index contributed by atoms with van der Waals surface area (Å²) in [4.78, 5) is 19.6. The van der Waals surface area contributed by atoms with Gasteiger partial charge in [0.25, 0.3) is 0 Å². The van der Waals surface area contributed by atoms with Gasteiger partial charge in [-0.25, -0.2) is 13.8 Å². The van der Waals surface area contributed by atoms with Crippen molar-refractivity contribution in [2.24, 2.45) is 11.7 Å². The van der Waals surface area contributed by atoms with E-state index in [1.807, 2.05) is 4.57 Å². The second-order valence-corrected chi connectivity index (χ2v) is 8.91. The topological polar surface area (TPSA) is 76.2 Å². The van der Waals surface area contributed by atoms with E-state index in [-0.39, 0.29) is 31.0 Å². The fourth-order valence-corrected chi connectivity index (χ4v) is 4.55. The summed E-state index contributed by atoms with van der Waals surface area (Å²) in [5, 5.41) is 3.34. The Balaban J connectivity index is 0.00000274. The Morgan fingerprint density at radius 1 is 1.06 bits per heavy atom. The molecule has 6 nitrogen and oxygen atoms in total. The zero-order chi connectivity index (χ0) is 22.9. The lowest BCUT2D eigenvalue weighted by molar-refractivity contribution is -0.134. The second kappa shape index (κ2) is 10.1. The van der Waals surface area contributed by atoms with Gasteiger partial charge in [0.1, 0.15) is 29.0 Å². The van der Waals surface area contributed by atoms with Gasteiger partial charge in [0, 0.05) is 24.3 Å². The molecule has 9 heteroatoms. The number of nitrogens with zero attached hydrogens (tertiary/aromatic N) is 3. The third kappa shape index (κ3) is 4.95. The van der Waals surface area contributed by atoms with Crippen molar-refractivity contribution in [3.8, 4) is 11.3 Å². The van der Waals surface area contributed by atoms with Crippen molar-refractivity contribution in [3.63, 3.8) is 0 Å². The van der Waals surface area contributed by atoms with Gasteiger partial charge in [-0.1, -0.05) is 19.3 Å². The first-order chi connectivity index (χ1) is 16.0. The summed E-state index contributed by atoms with van der Waals surface area (Å²) in [6, 6.07) is 11.7. The van der Waals surface area contributed by atoms with Gasteiger partial charge in [0.15, 0.2) is 0 Å². The standard InChI is InChI=1S/C25H27F2N5O.H2S/c26-18-6-4-17(5-7-18)23-24(29-20-10-8-19(27)9-11-20)32-13-12-31(15-22(32)30-23)25(33)21(28)14-16-2-1-3-16;/h4-11,16,21,29H,1-3,12-15,28H2;1H2/t21-;/m0./s1. The Morgan fingerprint density at radius 2 is 1.71 bits per heavy atom. The largest absolute Gasteiger partial charge is 0.340 e. The van der Waals surface area contributed by atoms with Crippen LogP contribution in [0.2, 0.25) is 0 Å². The van der Waals surface area contributed by atoms with Crippen LogP contribution in [0.3, 0.4) is 0 Å². The maximum atomic E-state index is 13.5. The highest BCUT2D eigenvalue weighted by Crippen LogP contribution is 2.34. The highest BCUT2D eigenvalue weighted by Gasteiger charge is 2.31. The van der Waals surface area contributed by atoms with E-state index in [4.69, 9.17) is 10.7 Å². The number of anilines is 2. The molecule has 1 aliphatic carbocycles. The molecule has 0 radical (unpaired) electrons. The minimum Gasteiger partial charge on any atom is -0.340 e. The fourth-order valence-electron chi connectivity index (χ4n) is 4.55. The molecule has 1 atom stereocenters. The van der Waals surface area contributed by atoms with Crippen LogP contribution in [-0.4, -0.2) is 32.9 Å². The molecule has 1 fully saturated rings. The van der Waals surface area contributed by atoms with Crippen LogP contribution in [0, 0.1) is 17.6 Å². The van der Waals surface area contributed by atoms with Crippen LogP contribution in [0.1, 0.15) is 31.5 Å². The number of rotatable bonds is 6. The first kappa shape index (κ1) is 24.2. The SMILES string of the molecule is N[C@@H](CC1CCC1)C(=O)N1CCn2c(nc(-c3ccc(F)cc3)c2Nc2ccc(F)cc2)C1.S. The van der Waals surface area contributed by atoms with E-state index in [1.165, 1.54) is 30.7 Å². The van der Waals surface area contributed by atoms with Gasteiger partial charge in [-0.3, -0.25) is 4.79 Å². The Labute approximate surface area is 204 Å². The van der Waals surface area contributed by atoms with Crippen LogP contribution in [0.5, 0.6) is 0 Å². The summed E-state index contributed by atoms with van der Waals surface area (Å²) in [5.74, 6) is 1.35. The van der Waals surface area contributed by atoms with Gasteiger partial charge in [0.05, 0.1) is 12.6 Å². The van der Waals surface area contributed by atoms with Crippen LogP contribution in [0.15, 0.2) is 48.5 Å². The molecule has 5 rings (SSSR count). The Morgan fingerprint density at radius 3 is 2.32 bits per heavy atom. The summed E-state index contributed by atoms with van der Waals surface area (Å²) < 4.78 is 28.9. The van der Waals surface area contributed by atoms with Gasteiger partial charge in [-0.15, -0.1) is 0 Å². The van der Waals surface area contributed by atoms with E-state index in [1.54, 1.807) is 29.2 Å². The number of carbonyl (C=O) groups excluding carboxylic acids is 1.